The number of aromatic nitrogens is 2. The Labute approximate surface area is 106 Å². The van der Waals surface area contributed by atoms with Gasteiger partial charge >= 0.3 is 0 Å². The van der Waals surface area contributed by atoms with E-state index < -0.39 is 0 Å². The summed E-state index contributed by atoms with van der Waals surface area (Å²) in [7, 11) is 1.68. The molecule has 1 unspecified atom stereocenters. The number of nitrogens with one attached hydrogen (secondary N) is 1. The second-order valence-corrected chi connectivity index (χ2v) is 5.68. The maximum absolute atomic E-state index is 5.24. The average Bonchev–Trinajstić information content (AvgIpc) is 2.76. The highest BCUT2D eigenvalue weighted by Gasteiger charge is 2.32. The molecule has 0 spiro atoms. The highest BCUT2D eigenvalue weighted by molar-refractivity contribution is 7.09. The second-order valence-electron chi connectivity index (χ2n) is 4.95. The average molecular weight is 256 g/mol. The van der Waals surface area contributed by atoms with E-state index in [0.717, 1.165) is 30.6 Å². The van der Waals surface area contributed by atoms with E-state index in [1.54, 1.807) is 7.11 Å². The predicted molar refractivity (Wildman–Crippen MR) is 69.6 cm³/mol. The minimum absolute atomic E-state index is 0.0361. The van der Waals surface area contributed by atoms with Crippen LogP contribution in [0.15, 0.2) is 0 Å². The first-order chi connectivity index (χ1) is 8.04. The fourth-order valence-electron chi connectivity index (χ4n) is 1.94. The van der Waals surface area contributed by atoms with Gasteiger partial charge in [-0.25, -0.2) is 4.98 Å². The molecule has 1 aromatic heterocycles. The Balaban J connectivity index is 2.18. The van der Waals surface area contributed by atoms with Crippen LogP contribution in [-0.4, -0.2) is 41.6 Å². The van der Waals surface area contributed by atoms with Crippen LogP contribution in [0.2, 0.25) is 0 Å². The molecule has 0 amide bonds. The van der Waals surface area contributed by atoms with E-state index in [0.29, 0.717) is 0 Å². The lowest BCUT2D eigenvalue weighted by Gasteiger charge is -2.42. The summed E-state index contributed by atoms with van der Waals surface area (Å²) in [6.45, 7) is 9.36. The summed E-state index contributed by atoms with van der Waals surface area (Å²) in [5, 5.41) is 4.40. The maximum Gasteiger partial charge on any atom is 0.205 e. The van der Waals surface area contributed by atoms with Crippen LogP contribution in [0.25, 0.3) is 0 Å². The van der Waals surface area contributed by atoms with Gasteiger partial charge in [-0.3, -0.25) is 0 Å². The summed E-state index contributed by atoms with van der Waals surface area (Å²) < 4.78 is 9.61. The Hall–Kier alpha value is -0.720. The molecule has 17 heavy (non-hydrogen) atoms. The summed E-state index contributed by atoms with van der Waals surface area (Å²) in [5.74, 6) is 0.779. The molecule has 1 aliphatic heterocycles. The van der Waals surface area contributed by atoms with Gasteiger partial charge in [-0.15, -0.1) is 0 Å². The summed E-state index contributed by atoms with van der Waals surface area (Å²) in [5.41, 5.74) is 0.0887. The molecule has 5 nitrogen and oxygen atoms in total. The second kappa shape index (κ2) is 4.88. The Kier molecular flexibility index (Phi) is 3.65. The van der Waals surface area contributed by atoms with Gasteiger partial charge in [-0.1, -0.05) is 0 Å². The molecule has 1 aliphatic rings. The fourth-order valence-corrected chi connectivity index (χ4v) is 2.88. The van der Waals surface area contributed by atoms with Crippen LogP contribution in [0, 0.1) is 0 Å². The Bertz CT molecular complexity index is 379. The zero-order chi connectivity index (χ0) is 12.5. The van der Waals surface area contributed by atoms with E-state index in [2.05, 4.69) is 33.4 Å². The van der Waals surface area contributed by atoms with E-state index in [1.165, 1.54) is 11.5 Å². The van der Waals surface area contributed by atoms with Crippen LogP contribution < -0.4 is 10.2 Å². The van der Waals surface area contributed by atoms with Crippen LogP contribution in [0.1, 0.15) is 32.7 Å². The Morgan fingerprint density at radius 1 is 1.53 bits per heavy atom. The number of nitrogens with zero attached hydrogens (tertiary/aromatic N) is 3. The van der Waals surface area contributed by atoms with Crippen molar-refractivity contribution in [3.05, 3.63) is 5.82 Å². The van der Waals surface area contributed by atoms with Gasteiger partial charge in [0, 0.05) is 43.8 Å². The van der Waals surface area contributed by atoms with Gasteiger partial charge in [-0.2, -0.15) is 4.37 Å². The minimum atomic E-state index is -0.0361. The first-order valence-electron chi connectivity index (χ1n) is 5.89. The fraction of sp³-hybridized carbons (Fsp3) is 0.818. The standard InChI is InChI=1S/C11H20N4OS/c1-8(16-4)9-13-10(17-14-9)15-6-5-12-7-11(15,2)3/h8,12H,5-7H2,1-4H3. The van der Waals surface area contributed by atoms with Gasteiger partial charge < -0.3 is 15.0 Å². The molecule has 96 valence electrons. The van der Waals surface area contributed by atoms with Crippen molar-refractivity contribution < 1.29 is 4.74 Å². The number of rotatable bonds is 3. The van der Waals surface area contributed by atoms with Crippen molar-refractivity contribution in [1.29, 1.82) is 0 Å². The van der Waals surface area contributed by atoms with E-state index in [9.17, 15) is 0 Å². The molecule has 6 heteroatoms. The number of hydrogen-bond acceptors (Lipinski definition) is 6. The number of ether oxygens (including phenoxy) is 1. The van der Waals surface area contributed by atoms with Crippen LogP contribution in [0.5, 0.6) is 0 Å². The number of piperazine rings is 1. The highest BCUT2D eigenvalue weighted by atomic mass is 32.1. The zero-order valence-corrected chi connectivity index (χ0v) is 11.7. The van der Waals surface area contributed by atoms with Crippen molar-refractivity contribution in [2.75, 3.05) is 31.6 Å². The molecule has 2 heterocycles. The van der Waals surface area contributed by atoms with Crippen LogP contribution in [-0.2, 0) is 4.74 Å². The summed E-state index contributed by atoms with van der Waals surface area (Å²) in [4.78, 5) is 6.91. The molecular weight excluding hydrogens is 236 g/mol. The largest absolute Gasteiger partial charge is 0.374 e. The van der Waals surface area contributed by atoms with Gasteiger partial charge in [0.15, 0.2) is 5.82 Å². The van der Waals surface area contributed by atoms with Crippen LogP contribution in [0.3, 0.4) is 0 Å². The molecule has 0 radical (unpaired) electrons. The smallest absolute Gasteiger partial charge is 0.205 e. The molecule has 1 atom stereocenters. The zero-order valence-electron chi connectivity index (χ0n) is 10.9. The van der Waals surface area contributed by atoms with Crippen molar-refractivity contribution >= 4 is 16.7 Å². The molecule has 1 saturated heterocycles. The molecule has 0 aliphatic carbocycles. The van der Waals surface area contributed by atoms with Crippen molar-refractivity contribution in [3.63, 3.8) is 0 Å². The first kappa shape index (κ1) is 12.7. The molecule has 0 aromatic carbocycles. The number of anilines is 1. The van der Waals surface area contributed by atoms with E-state index >= 15 is 0 Å². The van der Waals surface area contributed by atoms with Gasteiger partial charge in [0.25, 0.3) is 0 Å². The Morgan fingerprint density at radius 3 is 2.94 bits per heavy atom. The van der Waals surface area contributed by atoms with E-state index in [1.807, 2.05) is 6.92 Å². The topological polar surface area (TPSA) is 50.3 Å². The molecule has 1 aromatic rings. The van der Waals surface area contributed by atoms with E-state index in [4.69, 9.17) is 4.74 Å². The van der Waals surface area contributed by atoms with Gasteiger partial charge in [-0.05, 0) is 20.8 Å². The van der Waals surface area contributed by atoms with Gasteiger partial charge in [0.1, 0.15) is 6.10 Å². The van der Waals surface area contributed by atoms with Crippen molar-refractivity contribution in [2.45, 2.75) is 32.4 Å². The van der Waals surface area contributed by atoms with Crippen LogP contribution in [0.4, 0.5) is 5.13 Å². The summed E-state index contributed by atoms with van der Waals surface area (Å²) in [6.07, 6.45) is -0.0361. The van der Waals surface area contributed by atoms with Gasteiger partial charge in [0.2, 0.25) is 5.13 Å². The quantitative estimate of drug-likeness (QED) is 0.886. The van der Waals surface area contributed by atoms with Gasteiger partial charge in [0.05, 0.1) is 0 Å². The van der Waals surface area contributed by atoms with Crippen molar-refractivity contribution in [2.24, 2.45) is 0 Å². The summed E-state index contributed by atoms with van der Waals surface area (Å²) in [6, 6.07) is 0. The lowest BCUT2D eigenvalue weighted by atomic mass is 10.0. The van der Waals surface area contributed by atoms with Crippen molar-refractivity contribution in [3.8, 4) is 0 Å². The van der Waals surface area contributed by atoms with Crippen LogP contribution >= 0.6 is 11.5 Å². The number of methoxy groups -OCH3 is 1. The SMILES string of the molecule is COC(C)c1nsc(N2CCNCC2(C)C)n1. The number of hydrogen-bond donors (Lipinski definition) is 1. The van der Waals surface area contributed by atoms with Crippen molar-refractivity contribution in [1.82, 2.24) is 14.7 Å². The first-order valence-corrected chi connectivity index (χ1v) is 6.66. The molecule has 0 saturated carbocycles. The predicted octanol–water partition coefficient (Wildman–Crippen LogP) is 1.43. The Morgan fingerprint density at radius 2 is 2.29 bits per heavy atom. The third-order valence-electron chi connectivity index (χ3n) is 3.18. The van der Waals surface area contributed by atoms with E-state index in [-0.39, 0.29) is 11.6 Å². The molecule has 1 fully saturated rings. The highest BCUT2D eigenvalue weighted by Crippen LogP contribution is 2.28. The lowest BCUT2D eigenvalue weighted by Crippen LogP contribution is -2.58. The monoisotopic (exact) mass is 256 g/mol. The minimum Gasteiger partial charge on any atom is -0.374 e. The third kappa shape index (κ3) is 2.59. The molecular formula is C11H20N4OS. The molecule has 0 bridgehead atoms. The molecule has 2 rings (SSSR count). The third-order valence-corrected chi connectivity index (χ3v) is 3.93. The normalized spacial score (nSPS) is 21.5. The maximum atomic E-state index is 5.24. The lowest BCUT2D eigenvalue weighted by molar-refractivity contribution is 0.113. The summed E-state index contributed by atoms with van der Waals surface area (Å²) >= 11 is 1.46. The molecule has 1 N–H and O–H groups in total.